The molecule has 0 saturated carbocycles. The number of nitrogens with zero attached hydrogens (tertiary/aromatic N) is 2. The lowest BCUT2D eigenvalue weighted by atomic mass is 10.2. The van der Waals surface area contributed by atoms with Gasteiger partial charge in [0.05, 0.1) is 19.8 Å². The monoisotopic (exact) mass is 412 g/mol. The lowest BCUT2D eigenvalue weighted by Gasteiger charge is -2.31. The molecular formula is C15H33IN4O. The van der Waals surface area contributed by atoms with Crippen LogP contribution in [0, 0.1) is 0 Å². The number of nitrogens with one attached hydrogen (secondary N) is 2. The summed E-state index contributed by atoms with van der Waals surface area (Å²) in [5.41, 5.74) is 0. The third kappa shape index (κ3) is 9.52. The van der Waals surface area contributed by atoms with Gasteiger partial charge in [-0.3, -0.25) is 9.89 Å². The fraction of sp³-hybridized carbons (Fsp3) is 0.933. The molecule has 1 fully saturated rings. The Morgan fingerprint density at radius 1 is 1.19 bits per heavy atom. The molecule has 1 heterocycles. The number of morpholine rings is 1. The van der Waals surface area contributed by atoms with Gasteiger partial charge in [0, 0.05) is 32.2 Å². The third-order valence-corrected chi connectivity index (χ3v) is 3.60. The number of aliphatic imine (C=N–C) groups is 1. The van der Waals surface area contributed by atoms with E-state index in [9.17, 15) is 0 Å². The second-order valence-corrected chi connectivity index (χ2v) is 5.35. The zero-order chi connectivity index (χ0) is 14.6. The molecule has 1 rings (SSSR count). The average Bonchev–Trinajstić information content (AvgIpc) is 2.49. The van der Waals surface area contributed by atoms with Crippen LogP contribution in [0.4, 0.5) is 0 Å². The maximum absolute atomic E-state index is 5.39. The molecule has 1 saturated heterocycles. The number of halogens is 1. The van der Waals surface area contributed by atoms with E-state index in [0.717, 1.165) is 51.9 Å². The van der Waals surface area contributed by atoms with Gasteiger partial charge < -0.3 is 15.4 Å². The molecule has 21 heavy (non-hydrogen) atoms. The molecule has 1 aliphatic rings. The van der Waals surface area contributed by atoms with Crippen LogP contribution in [0.5, 0.6) is 0 Å². The second kappa shape index (κ2) is 13.6. The largest absolute Gasteiger partial charge is 0.379 e. The molecular weight excluding hydrogens is 379 g/mol. The minimum Gasteiger partial charge on any atom is -0.379 e. The van der Waals surface area contributed by atoms with E-state index < -0.39 is 0 Å². The minimum atomic E-state index is 0. The molecule has 0 aromatic heterocycles. The highest BCUT2D eigenvalue weighted by Gasteiger charge is 2.16. The molecule has 1 aliphatic heterocycles. The van der Waals surface area contributed by atoms with Crippen molar-refractivity contribution in [2.45, 2.75) is 46.1 Å². The number of guanidine groups is 1. The summed E-state index contributed by atoms with van der Waals surface area (Å²) in [4.78, 5) is 7.15. The van der Waals surface area contributed by atoms with Gasteiger partial charge >= 0.3 is 0 Å². The molecule has 0 spiro atoms. The van der Waals surface area contributed by atoms with Crippen LogP contribution in [0.15, 0.2) is 4.99 Å². The number of hydrogen-bond donors (Lipinski definition) is 2. The standard InChI is InChI=1S/C15H32N4O.HI/c1-4-6-7-8-17-15(16-5-2)18-13-14(3)19-9-11-20-12-10-19;/h14H,4-13H2,1-3H3,(H2,16,17,18);1H. The third-order valence-electron chi connectivity index (χ3n) is 3.60. The van der Waals surface area contributed by atoms with Crippen LogP contribution in [0.25, 0.3) is 0 Å². The molecule has 0 aliphatic carbocycles. The van der Waals surface area contributed by atoms with Crippen LogP contribution < -0.4 is 10.6 Å². The van der Waals surface area contributed by atoms with Crippen molar-refractivity contribution in [3.05, 3.63) is 0 Å². The highest BCUT2D eigenvalue weighted by atomic mass is 127. The molecule has 6 heteroatoms. The smallest absolute Gasteiger partial charge is 0.191 e. The van der Waals surface area contributed by atoms with E-state index in [1.807, 2.05) is 0 Å². The van der Waals surface area contributed by atoms with Gasteiger partial charge in [-0.25, -0.2) is 0 Å². The fourth-order valence-electron chi connectivity index (χ4n) is 2.28. The van der Waals surface area contributed by atoms with E-state index in [1.54, 1.807) is 0 Å². The number of ether oxygens (including phenoxy) is 1. The summed E-state index contributed by atoms with van der Waals surface area (Å²) < 4.78 is 5.39. The summed E-state index contributed by atoms with van der Waals surface area (Å²) in [6.07, 6.45) is 3.74. The summed E-state index contributed by atoms with van der Waals surface area (Å²) >= 11 is 0. The molecule has 1 unspecified atom stereocenters. The quantitative estimate of drug-likeness (QED) is 0.277. The molecule has 126 valence electrons. The first-order valence-corrected chi connectivity index (χ1v) is 8.11. The van der Waals surface area contributed by atoms with Gasteiger partial charge in [-0.15, -0.1) is 24.0 Å². The van der Waals surface area contributed by atoms with Crippen LogP contribution >= 0.6 is 24.0 Å². The maximum atomic E-state index is 5.39. The van der Waals surface area contributed by atoms with E-state index in [0.29, 0.717) is 6.04 Å². The Hall–Kier alpha value is -0.0800. The predicted molar refractivity (Wildman–Crippen MR) is 101 cm³/mol. The summed E-state index contributed by atoms with van der Waals surface area (Å²) in [6.45, 7) is 13.1. The molecule has 0 aromatic carbocycles. The van der Waals surface area contributed by atoms with Crippen molar-refractivity contribution in [1.82, 2.24) is 15.5 Å². The van der Waals surface area contributed by atoms with E-state index in [4.69, 9.17) is 9.73 Å². The molecule has 5 nitrogen and oxygen atoms in total. The SMILES string of the molecule is CCCCCNC(=NCC(C)N1CCOCC1)NCC.I. The summed E-state index contributed by atoms with van der Waals surface area (Å²) in [5, 5.41) is 6.72. The molecule has 0 bridgehead atoms. The first-order chi connectivity index (χ1) is 9.77. The normalized spacial score (nSPS) is 18.0. The summed E-state index contributed by atoms with van der Waals surface area (Å²) in [6, 6.07) is 0.477. The van der Waals surface area contributed by atoms with Crippen molar-refractivity contribution in [1.29, 1.82) is 0 Å². The van der Waals surface area contributed by atoms with Crippen LogP contribution in [0.3, 0.4) is 0 Å². The van der Waals surface area contributed by atoms with Gasteiger partial charge in [0.15, 0.2) is 5.96 Å². The van der Waals surface area contributed by atoms with Crippen molar-refractivity contribution >= 4 is 29.9 Å². The lowest BCUT2D eigenvalue weighted by molar-refractivity contribution is 0.0220. The molecule has 0 radical (unpaired) electrons. The number of hydrogen-bond acceptors (Lipinski definition) is 3. The molecule has 2 N–H and O–H groups in total. The van der Waals surface area contributed by atoms with Crippen molar-refractivity contribution in [3.8, 4) is 0 Å². The zero-order valence-electron chi connectivity index (χ0n) is 13.9. The van der Waals surface area contributed by atoms with Gasteiger partial charge in [0.25, 0.3) is 0 Å². The highest BCUT2D eigenvalue weighted by Crippen LogP contribution is 2.03. The van der Waals surface area contributed by atoms with E-state index >= 15 is 0 Å². The Labute approximate surface area is 147 Å². The van der Waals surface area contributed by atoms with E-state index in [1.165, 1.54) is 19.3 Å². The Balaban J connectivity index is 0.00000400. The topological polar surface area (TPSA) is 48.9 Å². The van der Waals surface area contributed by atoms with E-state index in [2.05, 4.69) is 36.3 Å². The Bertz CT molecular complexity index is 270. The van der Waals surface area contributed by atoms with Gasteiger partial charge in [0.2, 0.25) is 0 Å². The van der Waals surface area contributed by atoms with Crippen LogP contribution in [-0.4, -0.2) is 62.8 Å². The number of unbranched alkanes of at least 4 members (excludes halogenated alkanes) is 2. The van der Waals surface area contributed by atoms with E-state index in [-0.39, 0.29) is 24.0 Å². The van der Waals surface area contributed by atoms with Crippen LogP contribution in [0.2, 0.25) is 0 Å². The minimum absolute atomic E-state index is 0. The Kier molecular flexibility index (Phi) is 13.5. The average molecular weight is 412 g/mol. The van der Waals surface area contributed by atoms with Crippen molar-refractivity contribution in [2.24, 2.45) is 4.99 Å². The van der Waals surface area contributed by atoms with Gasteiger partial charge in [-0.1, -0.05) is 19.8 Å². The molecule has 0 amide bonds. The van der Waals surface area contributed by atoms with Gasteiger partial charge in [-0.2, -0.15) is 0 Å². The highest BCUT2D eigenvalue weighted by molar-refractivity contribution is 14.0. The lowest BCUT2D eigenvalue weighted by Crippen LogP contribution is -2.44. The molecule has 0 aromatic rings. The Morgan fingerprint density at radius 3 is 2.52 bits per heavy atom. The Morgan fingerprint density at radius 2 is 1.90 bits per heavy atom. The zero-order valence-corrected chi connectivity index (χ0v) is 16.2. The van der Waals surface area contributed by atoms with Crippen molar-refractivity contribution < 1.29 is 4.74 Å². The van der Waals surface area contributed by atoms with Crippen molar-refractivity contribution in [3.63, 3.8) is 0 Å². The summed E-state index contributed by atoms with van der Waals surface area (Å²) in [7, 11) is 0. The maximum Gasteiger partial charge on any atom is 0.191 e. The second-order valence-electron chi connectivity index (χ2n) is 5.35. The van der Waals surface area contributed by atoms with Crippen LogP contribution in [0.1, 0.15) is 40.0 Å². The predicted octanol–water partition coefficient (Wildman–Crippen LogP) is 2.07. The number of rotatable bonds is 8. The van der Waals surface area contributed by atoms with Crippen molar-refractivity contribution in [2.75, 3.05) is 45.9 Å². The van der Waals surface area contributed by atoms with Gasteiger partial charge in [-0.05, 0) is 20.3 Å². The summed E-state index contributed by atoms with van der Waals surface area (Å²) in [5.74, 6) is 0.948. The first kappa shape index (κ1) is 20.9. The first-order valence-electron chi connectivity index (χ1n) is 8.11. The van der Waals surface area contributed by atoms with Gasteiger partial charge in [0.1, 0.15) is 0 Å². The molecule has 1 atom stereocenters. The van der Waals surface area contributed by atoms with Crippen LogP contribution in [-0.2, 0) is 4.74 Å². The fourth-order valence-corrected chi connectivity index (χ4v) is 2.28.